The number of benzene rings is 1. The summed E-state index contributed by atoms with van der Waals surface area (Å²) in [4.78, 5) is 2.50. The van der Waals surface area contributed by atoms with Crippen molar-refractivity contribution in [3.8, 4) is 0 Å². The largest absolute Gasteiger partial charge is 0.387 e. The van der Waals surface area contributed by atoms with Crippen molar-refractivity contribution in [1.82, 2.24) is 4.90 Å². The fourth-order valence-corrected chi connectivity index (χ4v) is 2.62. The van der Waals surface area contributed by atoms with Gasteiger partial charge in [-0.1, -0.05) is 30.3 Å². The molecule has 0 radical (unpaired) electrons. The zero-order valence-electron chi connectivity index (χ0n) is 10.9. The van der Waals surface area contributed by atoms with Crippen LogP contribution < -0.4 is 5.73 Å². The van der Waals surface area contributed by atoms with E-state index in [2.05, 4.69) is 35.2 Å². The van der Waals surface area contributed by atoms with E-state index >= 15 is 0 Å². The molecule has 0 spiro atoms. The maximum Gasteiger partial charge on any atom is 0.0937 e. The van der Waals surface area contributed by atoms with Gasteiger partial charge in [0.25, 0.3) is 0 Å². The normalized spacial score (nSPS) is 17.8. The van der Waals surface area contributed by atoms with E-state index in [9.17, 15) is 0 Å². The minimum absolute atomic E-state index is 0.329. The van der Waals surface area contributed by atoms with Crippen LogP contribution in [0.3, 0.4) is 0 Å². The molecule has 98 valence electrons. The summed E-state index contributed by atoms with van der Waals surface area (Å²) < 4.78 is 0. The van der Waals surface area contributed by atoms with Crippen LogP contribution in [0.2, 0.25) is 0 Å². The first-order valence-electron chi connectivity index (χ1n) is 6.86. The molecule has 1 aliphatic rings. The quantitative estimate of drug-likeness (QED) is 0.617. The minimum Gasteiger partial charge on any atom is -0.387 e. The van der Waals surface area contributed by atoms with Crippen molar-refractivity contribution in [3.05, 3.63) is 35.9 Å². The average Bonchev–Trinajstić information content (AvgIpc) is 2.40. The molecule has 2 rings (SSSR count). The van der Waals surface area contributed by atoms with Crippen molar-refractivity contribution in [2.24, 2.45) is 11.7 Å². The molecule has 1 aliphatic heterocycles. The lowest BCUT2D eigenvalue weighted by Gasteiger charge is -2.31. The van der Waals surface area contributed by atoms with E-state index in [1.54, 1.807) is 0 Å². The van der Waals surface area contributed by atoms with E-state index in [0.29, 0.717) is 11.8 Å². The van der Waals surface area contributed by atoms with Crippen LogP contribution in [0.5, 0.6) is 0 Å². The lowest BCUT2D eigenvalue weighted by molar-refractivity contribution is 0.207. The summed E-state index contributed by atoms with van der Waals surface area (Å²) in [6.07, 6.45) is 4.49. The number of hydrogen-bond donors (Lipinski definition) is 2. The molecule has 0 saturated carbocycles. The molecular formula is C15H23N3. The molecule has 3 heteroatoms. The first kappa shape index (κ1) is 13.1. The van der Waals surface area contributed by atoms with Crippen LogP contribution in [0.25, 0.3) is 0 Å². The molecule has 3 nitrogen and oxygen atoms in total. The van der Waals surface area contributed by atoms with Crippen LogP contribution in [0, 0.1) is 11.3 Å². The van der Waals surface area contributed by atoms with Gasteiger partial charge in [0.15, 0.2) is 0 Å². The Bertz CT molecular complexity index is 367. The molecule has 18 heavy (non-hydrogen) atoms. The van der Waals surface area contributed by atoms with Gasteiger partial charge in [-0.05, 0) is 50.9 Å². The van der Waals surface area contributed by atoms with Gasteiger partial charge in [-0.2, -0.15) is 0 Å². The smallest absolute Gasteiger partial charge is 0.0937 e. The number of rotatable bonds is 5. The summed E-state index contributed by atoms with van der Waals surface area (Å²) in [5.74, 6) is 0.703. The minimum atomic E-state index is 0.329. The fraction of sp³-hybridized carbons (Fsp3) is 0.533. The lowest BCUT2D eigenvalue weighted by Crippen LogP contribution is -2.38. The molecule has 1 saturated heterocycles. The summed E-state index contributed by atoms with van der Waals surface area (Å²) in [5, 5.41) is 7.46. The molecule has 1 aromatic carbocycles. The predicted molar refractivity (Wildman–Crippen MR) is 75.8 cm³/mol. The fourth-order valence-electron chi connectivity index (χ4n) is 2.62. The molecule has 1 heterocycles. The zero-order chi connectivity index (χ0) is 12.8. The molecule has 0 atom stereocenters. The van der Waals surface area contributed by atoms with Gasteiger partial charge >= 0.3 is 0 Å². The molecule has 0 aliphatic carbocycles. The third-order valence-corrected chi connectivity index (χ3v) is 3.81. The lowest BCUT2D eigenvalue weighted by atomic mass is 9.95. The molecule has 1 fully saturated rings. The summed E-state index contributed by atoms with van der Waals surface area (Å²) >= 11 is 0. The van der Waals surface area contributed by atoms with E-state index in [0.717, 1.165) is 32.4 Å². The SMILES string of the molecule is N=C(N)C1CCN(CCCc2ccccc2)CC1. The Morgan fingerprint density at radius 2 is 1.89 bits per heavy atom. The molecule has 0 unspecified atom stereocenters. The van der Waals surface area contributed by atoms with Gasteiger partial charge in [0.05, 0.1) is 5.84 Å². The maximum absolute atomic E-state index is 7.46. The van der Waals surface area contributed by atoms with Crippen LogP contribution in [0.4, 0.5) is 0 Å². The topological polar surface area (TPSA) is 53.1 Å². The number of amidine groups is 1. The van der Waals surface area contributed by atoms with Gasteiger partial charge in [0, 0.05) is 5.92 Å². The highest BCUT2D eigenvalue weighted by atomic mass is 15.1. The van der Waals surface area contributed by atoms with Crippen molar-refractivity contribution in [2.45, 2.75) is 25.7 Å². The molecular weight excluding hydrogens is 222 g/mol. The number of piperidine rings is 1. The second kappa shape index (κ2) is 6.55. The predicted octanol–water partition coefficient (Wildman–Crippen LogP) is 2.27. The number of hydrogen-bond acceptors (Lipinski definition) is 2. The van der Waals surface area contributed by atoms with Crippen LogP contribution in [-0.2, 0) is 6.42 Å². The second-order valence-corrected chi connectivity index (χ2v) is 5.16. The van der Waals surface area contributed by atoms with E-state index in [4.69, 9.17) is 11.1 Å². The standard InChI is InChI=1S/C15H23N3/c16-15(17)14-8-11-18(12-9-14)10-4-7-13-5-2-1-3-6-13/h1-3,5-6,14H,4,7-12H2,(H3,16,17). The number of likely N-dealkylation sites (tertiary alicyclic amines) is 1. The Labute approximate surface area is 109 Å². The highest BCUT2D eigenvalue weighted by Gasteiger charge is 2.20. The summed E-state index contributed by atoms with van der Waals surface area (Å²) in [5.41, 5.74) is 6.98. The number of nitrogens with zero attached hydrogens (tertiary/aromatic N) is 1. The number of nitrogens with two attached hydrogens (primary N) is 1. The zero-order valence-corrected chi connectivity index (χ0v) is 10.9. The van der Waals surface area contributed by atoms with Crippen LogP contribution in [0.1, 0.15) is 24.8 Å². The molecule has 0 amide bonds. The number of nitrogens with one attached hydrogen (secondary N) is 1. The third-order valence-electron chi connectivity index (χ3n) is 3.81. The Hall–Kier alpha value is -1.35. The second-order valence-electron chi connectivity index (χ2n) is 5.16. The monoisotopic (exact) mass is 245 g/mol. The van der Waals surface area contributed by atoms with Crippen LogP contribution >= 0.6 is 0 Å². The third kappa shape index (κ3) is 3.84. The van der Waals surface area contributed by atoms with E-state index in [1.807, 2.05) is 0 Å². The Balaban J connectivity index is 1.65. The van der Waals surface area contributed by atoms with Gasteiger partial charge in [-0.25, -0.2) is 0 Å². The van der Waals surface area contributed by atoms with Crippen molar-refractivity contribution in [1.29, 1.82) is 5.41 Å². The molecule has 0 aromatic heterocycles. The Morgan fingerprint density at radius 3 is 2.50 bits per heavy atom. The first-order chi connectivity index (χ1) is 8.75. The Kier molecular flexibility index (Phi) is 4.76. The highest BCUT2D eigenvalue weighted by molar-refractivity contribution is 5.79. The van der Waals surface area contributed by atoms with E-state index in [-0.39, 0.29) is 0 Å². The highest BCUT2D eigenvalue weighted by Crippen LogP contribution is 2.17. The van der Waals surface area contributed by atoms with Crippen molar-refractivity contribution < 1.29 is 0 Å². The Morgan fingerprint density at radius 1 is 1.22 bits per heavy atom. The summed E-state index contributed by atoms with van der Waals surface area (Å²) in [6, 6.07) is 10.7. The van der Waals surface area contributed by atoms with Crippen molar-refractivity contribution in [2.75, 3.05) is 19.6 Å². The van der Waals surface area contributed by atoms with Crippen LogP contribution in [0.15, 0.2) is 30.3 Å². The van der Waals surface area contributed by atoms with Crippen LogP contribution in [-0.4, -0.2) is 30.4 Å². The average molecular weight is 245 g/mol. The van der Waals surface area contributed by atoms with Gasteiger partial charge in [0.1, 0.15) is 0 Å². The summed E-state index contributed by atoms with van der Waals surface area (Å²) in [6.45, 7) is 3.36. The van der Waals surface area contributed by atoms with Gasteiger partial charge in [-0.3, -0.25) is 5.41 Å². The maximum atomic E-state index is 7.46. The number of aryl methyl sites for hydroxylation is 1. The van der Waals surface area contributed by atoms with E-state index in [1.165, 1.54) is 18.5 Å². The van der Waals surface area contributed by atoms with Crippen molar-refractivity contribution >= 4 is 5.84 Å². The van der Waals surface area contributed by atoms with Gasteiger partial charge in [0.2, 0.25) is 0 Å². The molecule has 1 aromatic rings. The molecule has 0 bridgehead atoms. The van der Waals surface area contributed by atoms with E-state index < -0.39 is 0 Å². The van der Waals surface area contributed by atoms with Gasteiger partial charge < -0.3 is 10.6 Å². The van der Waals surface area contributed by atoms with Gasteiger partial charge in [-0.15, -0.1) is 0 Å². The molecule has 3 N–H and O–H groups in total. The summed E-state index contributed by atoms with van der Waals surface area (Å²) in [7, 11) is 0. The van der Waals surface area contributed by atoms with Crippen molar-refractivity contribution in [3.63, 3.8) is 0 Å². The first-order valence-corrected chi connectivity index (χ1v) is 6.86.